The lowest BCUT2D eigenvalue weighted by Gasteiger charge is -2.06. The van der Waals surface area contributed by atoms with Crippen molar-refractivity contribution in [3.8, 4) is 0 Å². The van der Waals surface area contributed by atoms with Gasteiger partial charge in [0.15, 0.2) is 9.84 Å². The van der Waals surface area contributed by atoms with Crippen molar-refractivity contribution in [2.75, 3.05) is 11.5 Å². The summed E-state index contributed by atoms with van der Waals surface area (Å²) in [5, 5.41) is 1.25. The van der Waals surface area contributed by atoms with E-state index in [1.54, 1.807) is 6.07 Å². The van der Waals surface area contributed by atoms with E-state index in [9.17, 15) is 16.8 Å². The predicted octanol–water partition coefficient (Wildman–Crippen LogP) is 1.90. The van der Waals surface area contributed by atoms with Crippen LogP contribution in [0.25, 0.3) is 5.57 Å². The van der Waals surface area contributed by atoms with Crippen molar-refractivity contribution in [3.63, 3.8) is 0 Å². The first-order valence-corrected chi connectivity index (χ1v) is 8.96. The summed E-state index contributed by atoms with van der Waals surface area (Å²) in [7, 11) is -6.87. The summed E-state index contributed by atoms with van der Waals surface area (Å²) in [6.07, 6.45) is 0. The molecule has 18 heavy (non-hydrogen) atoms. The number of hydrogen-bond acceptors (Lipinski definition) is 4. The van der Waals surface area contributed by atoms with E-state index < -0.39 is 19.7 Å². The molecule has 0 saturated heterocycles. The van der Waals surface area contributed by atoms with Crippen molar-refractivity contribution in [1.82, 2.24) is 0 Å². The summed E-state index contributed by atoms with van der Waals surface area (Å²) in [6, 6.07) is 4.51. The van der Waals surface area contributed by atoms with Crippen LogP contribution in [0.15, 0.2) is 28.5 Å². The van der Waals surface area contributed by atoms with Crippen LogP contribution in [0, 0.1) is 0 Å². The molecule has 0 atom stereocenters. The zero-order valence-electron chi connectivity index (χ0n) is 9.55. The summed E-state index contributed by atoms with van der Waals surface area (Å²) < 4.78 is 46.9. The summed E-state index contributed by atoms with van der Waals surface area (Å²) >= 11 is 5.96. The Morgan fingerprint density at radius 3 is 2.56 bits per heavy atom. The van der Waals surface area contributed by atoms with Gasteiger partial charge in [0.2, 0.25) is 9.84 Å². The summed E-state index contributed by atoms with van der Waals surface area (Å²) in [6.45, 7) is 1.52. The van der Waals surface area contributed by atoms with Crippen molar-refractivity contribution >= 4 is 36.8 Å². The third kappa shape index (κ3) is 2.32. The number of hydrogen-bond donors (Lipinski definition) is 0. The van der Waals surface area contributed by atoms with Gasteiger partial charge < -0.3 is 0 Å². The van der Waals surface area contributed by atoms with Gasteiger partial charge in [-0.2, -0.15) is 0 Å². The Bertz CT molecular complexity index is 730. The average Bonchev–Trinajstić information content (AvgIpc) is 2.51. The van der Waals surface area contributed by atoms with Crippen LogP contribution in [0.3, 0.4) is 0 Å². The van der Waals surface area contributed by atoms with Crippen LogP contribution in [-0.2, 0) is 19.7 Å². The van der Waals surface area contributed by atoms with E-state index in [0.29, 0.717) is 5.56 Å². The fraction of sp³-hybridized carbons (Fsp3) is 0.273. The molecule has 2 rings (SSSR count). The maximum atomic E-state index is 11.9. The van der Waals surface area contributed by atoms with E-state index in [-0.39, 0.29) is 27.0 Å². The van der Waals surface area contributed by atoms with Gasteiger partial charge in [-0.05, 0) is 17.7 Å². The lowest BCUT2D eigenvalue weighted by atomic mass is 10.1. The maximum absolute atomic E-state index is 11.9. The molecule has 0 aromatic heterocycles. The second kappa shape index (κ2) is 4.36. The largest absolute Gasteiger partial charge is 0.229 e. The zero-order valence-corrected chi connectivity index (χ0v) is 11.9. The predicted molar refractivity (Wildman–Crippen MR) is 70.9 cm³/mol. The van der Waals surface area contributed by atoms with Crippen LogP contribution in [-0.4, -0.2) is 28.3 Å². The minimum atomic E-state index is -3.57. The topological polar surface area (TPSA) is 68.3 Å². The van der Waals surface area contributed by atoms with Gasteiger partial charge in [-0.15, -0.1) is 0 Å². The number of sulfone groups is 2. The standard InChI is InChI=1S/C11H11ClO4S2/c1-2-17(13,14)6-8-7-18(15,16)10-5-3-4-9(12)11(8)10/h3-5,7H,2,6H2,1H3. The fourth-order valence-corrected chi connectivity index (χ4v) is 4.67. The first-order chi connectivity index (χ1) is 8.27. The molecule has 0 spiro atoms. The van der Waals surface area contributed by atoms with E-state index in [0.717, 1.165) is 5.41 Å². The highest BCUT2D eigenvalue weighted by Gasteiger charge is 2.30. The molecule has 4 nitrogen and oxygen atoms in total. The number of rotatable bonds is 3. The smallest absolute Gasteiger partial charge is 0.200 e. The van der Waals surface area contributed by atoms with Crippen molar-refractivity contribution in [1.29, 1.82) is 0 Å². The van der Waals surface area contributed by atoms with E-state index in [1.165, 1.54) is 19.1 Å². The molecule has 0 amide bonds. The SMILES string of the molecule is CCS(=O)(=O)CC1=CS(=O)(=O)c2cccc(Cl)c21. The lowest BCUT2D eigenvalue weighted by molar-refractivity contribution is 0.600. The number of benzene rings is 1. The van der Waals surface area contributed by atoms with Crippen molar-refractivity contribution in [3.05, 3.63) is 34.2 Å². The molecule has 1 heterocycles. The third-order valence-corrected chi connectivity index (χ3v) is 6.21. The number of halogens is 1. The lowest BCUT2D eigenvalue weighted by Crippen LogP contribution is -2.09. The summed E-state index contributed by atoms with van der Waals surface area (Å²) in [5.41, 5.74) is 0.564. The molecule has 1 aliphatic rings. The molecule has 0 radical (unpaired) electrons. The van der Waals surface area contributed by atoms with Gasteiger partial charge in [0.05, 0.1) is 10.6 Å². The molecule has 0 fully saturated rings. The molecular formula is C11H11ClO4S2. The summed E-state index contributed by atoms with van der Waals surface area (Å²) in [5.74, 6) is -0.344. The first-order valence-electron chi connectivity index (χ1n) is 5.22. The molecular weight excluding hydrogens is 296 g/mol. The van der Waals surface area contributed by atoms with Crippen LogP contribution >= 0.6 is 11.6 Å². The van der Waals surface area contributed by atoms with Crippen LogP contribution < -0.4 is 0 Å². The van der Waals surface area contributed by atoms with E-state index in [2.05, 4.69) is 0 Å². The molecule has 1 aliphatic heterocycles. The molecule has 7 heteroatoms. The molecule has 0 bridgehead atoms. The van der Waals surface area contributed by atoms with Gasteiger partial charge in [-0.3, -0.25) is 0 Å². The highest BCUT2D eigenvalue weighted by atomic mass is 35.5. The Kier molecular flexibility index (Phi) is 3.29. The van der Waals surface area contributed by atoms with E-state index in [4.69, 9.17) is 11.6 Å². The minimum absolute atomic E-state index is 0.0375. The first kappa shape index (κ1) is 13.6. The van der Waals surface area contributed by atoms with Gasteiger partial charge in [0.1, 0.15) is 0 Å². The molecule has 0 aliphatic carbocycles. The van der Waals surface area contributed by atoms with Gasteiger partial charge in [0, 0.05) is 21.7 Å². The van der Waals surface area contributed by atoms with Crippen LogP contribution in [0.5, 0.6) is 0 Å². The molecule has 1 aromatic rings. The van der Waals surface area contributed by atoms with E-state index >= 15 is 0 Å². The molecule has 1 aromatic carbocycles. The normalized spacial score (nSPS) is 17.3. The van der Waals surface area contributed by atoms with Crippen LogP contribution in [0.2, 0.25) is 5.02 Å². The van der Waals surface area contributed by atoms with Gasteiger partial charge in [-0.25, -0.2) is 16.8 Å². The van der Waals surface area contributed by atoms with Gasteiger partial charge in [0.25, 0.3) is 0 Å². The minimum Gasteiger partial charge on any atom is -0.229 e. The fourth-order valence-electron chi connectivity index (χ4n) is 1.81. The quantitative estimate of drug-likeness (QED) is 0.855. The summed E-state index contributed by atoms with van der Waals surface area (Å²) in [4.78, 5) is 0.0799. The molecule has 0 saturated carbocycles. The zero-order chi connectivity index (χ0) is 13.6. The van der Waals surface area contributed by atoms with Gasteiger partial charge >= 0.3 is 0 Å². The van der Waals surface area contributed by atoms with E-state index in [1.807, 2.05) is 0 Å². The molecule has 98 valence electrons. The van der Waals surface area contributed by atoms with Crippen LogP contribution in [0.1, 0.15) is 12.5 Å². The third-order valence-electron chi connectivity index (χ3n) is 2.72. The highest BCUT2D eigenvalue weighted by molar-refractivity contribution is 7.95. The number of fused-ring (bicyclic) bond motifs is 1. The second-order valence-corrected chi connectivity index (χ2v) is 8.50. The Hall–Kier alpha value is -0.850. The van der Waals surface area contributed by atoms with Gasteiger partial charge in [-0.1, -0.05) is 24.6 Å². The molecule has 0 unspecified atom stereocenters. The van der Waals surface area contributed by atoms with Crippen molar-refractivity contribution in [2.24, 2.45) is 0 Å². The van der Waals surface area contributed by atoms with Crippen molar-refractivity contribution in [2.45, 2.75) is 11.8 Å². The monoisotopic (exact) mass is 306 g/mol. The molecule has 0 N–H and O–H groups in total. The highest BCUT2D eigenvalue weighted by Crippen LogP contribution is 2.38. The Balaban J connectivity index is 2.61. The van der Waals surface area contributed by atoms with Crippen LogP contribution in [0.4, 0.5) is 0 Å². The average molecular weight is 307 g/mol. The Morgan fingerprint density at radius 2 is 1.94 bits per heavy atom. The Labute approximate surface area is 111 Å². The Morgan fingerprint density at radius 1 is 1.28 bits per heavy atom. The van der Waals surface area contributed by atoms with Crippen molar-refractivity contribution < 1.29 is 16.8 Å². The maximum Gasteiger partial charge on any atom is 0.200 e. The second-order valence-electron chi connectivity index (χ2n) is 3.98.